The van der Waals surface area contributed by atoms with Crippen LogP contribution in [0.5, 0.6) is 5.75 Å². The van der Waals surface area contributed by atoms with E-state index < -0.39 is 0 Å². The molecule has 6 nitrogen and oxygen atoms in total. The first-order chi connectivity index (χ1) is 14.5. The average Bonchev–Trinajstić information content (AvgIpc) is 3.33. The van der Waals surface area contributed by atoms with Crippen molar-refractivity contribution in [1.29, 1.82) is 0 Å². The topological polar surface area (TPSA) is 78.6 Å². The molecule has 154 valence electrons. The monoisotopic (exact) mass is 403 g/mol. The number of hydrogen-bond donors (Lipinski definition) is 2. The fraction of sp³-hybridized carbons (Fsp3) is 0.250. The molecule has 1 aliphatic rings. The van der Waals surface area contributed by atoms with Gasteiger partial charge in [0, 0.05) is 31.1 Å². The van der Waals surface area contributed by atoms with Crippen LogP contribution in [-0.4, -0.2) is 37.1 Å². The molecule has 2 aromatic carbocycles. The van der Waals surface area contributed by atoms with Crippen molar-refractivity contribution >= 4 is 11.5 Å². The maximum Gasteiger partial charge on any atom is 0.289 e. The molecule has 1 amide bonds. The lowest BCUT2D eigenvalue weighted by Gasteiger charge is -2.28. The van der Waals surface area contributed by atoms with Crippen LogP contribution in [0, 0.1) is 13.8 Å². The van der Waals surface area contributed by atoms with Gasteiger partial charge in [-0.1, -0.05) is 30.3 Å². The summed E-state index contributed by atoms with van der Waals surface area (Å²) in [5.41, 5.74) is 4.56. The number of aromatic nitrogens is 2. The maximum atomic E-state index is 13.0. The predicted octanol–water partition coefficient (Wildman–Crippen LogP) is 4.15. The van der Waals surface area contributed by atoms with Crippen LogP contribution in [-0.2, 0) is 11.3 Å². The Hall–Kier alpha value is -3.54. The van der Waals surface area contributed by atoms with Crippen molar-refractivity contribution in [3.05, 3.63) is 89.2 Å². The van der Waals surface area contributed by atoms with E-state index in [-0.39, 0.29) is 23.5 Å². The second-order valence-corrected chi connectivity index (χ2v) is 7.71. The molecule has 1 unspecified atom stereocenters. The van der Waals surface area contributed by atoms with Crippen molar-refractivity contribution in [2.45, 2.75) is 32.9 Å². The summed E-state index contributed by atoms with van der Waals surface area (Å²) >= 11 is 0. The van der Waals surface area contributed by atoms with Crippen molar-refractivity contribution in [3.63, 3.8) is 0 Å². The molecule has 0 fully saturated rings. The Kier molecular flexibility index (Phi) is 5.31. The molecule has 0 bridgehead atoms. The number of imidazole rings is 1. The summed E-state index contributed by atoms with van der Waals surface area (Å²) in [5.74, 6) is -0.457. The third kappa shape index (κ3) is 3.68. The van der Waals surface area contributed by atoms with Gasteiger partial charge in [-0.15, -0.1) is 0 Å². The summed E-state index contributed by atoms with van der Waals surface area (Å²) in [5, 5.41) is 20.5. The van der Waals surface area contributed by atoms with E-state index in [1.54, 1.807) is 41.7 Å². The van der Waals surface area contributed by atoms with Crippen LogP contribution in [0.3, 0.4) is 0 Å². The number of amides is 1. The third-order valence-electron chi connectivity index (χ3n) is 5.70. The van der Waals surface area contributed by atoms with E-state index in [9.17, 15) is 15.0 Å². The Morgan fingerprint density at radius 1 is 1.00 bits per heavy atom. The number of aliphatic hydroxyl groups excluding tert-OH is 1. The number of phenols is 1. The van der Waals surface area contributed by atoms with Crippen molar-refractivity contribution < 1.29 is 15.0 Å². The normalized spacial score (nSPS) is 16.5. The van der Waals surface area contributed by atoms with Gasteiger partial charge in [0.25, 0.3) is 5.91 Å². The van der Waals surface area contributed by atoms with E-state index in [1.807, 2.05) is 29.8 Å². The first-order valence-electron chi connectivity index (χ1n) is 10.0. The van der Waals surface area contributed by atoms with Crippen molar-refractivity contribution in [3.8, 4) is 5.75 Å². The molecule has 0 spiro atoms. The molecular formula is C24H25N3O3. The van der Waals surface area contributed by atoms with Gasteiger partial charge in [0.2, 0.25) is 0 Å². The lowest BCUT2D eigenvalue weighted by molar-refractivity contribution is -0.129. The average molecular weight is 403 g/mol. The summed E-state index contributed by atoms with van der Waals surface area (Å²) in [4.78, 5) is 18.8. The fourth-order valence-corrected chi connectivity index (χ4v) is 3.94. The van der Waals surface area contributed by atoms with Crippen LogP contribution in [0.25, 0.3) is 5.57 Å². The molecule has 6 heteroatoms. The molecule has 2 N–H and O–H groups in total. The number of aliphatic hydroxyl groups is 1. The van der Waals surface area contributed by atoms with E-state index in [4.69, 9.17) is 0 Å². The Morgan fingerprint density at radius 3 is 2.43 bits per heavy atom. The largest absolute Gasteiger partial charge is 0.508 e. The lowest BCUT2D eigenvalue weighted by atomic mass is 9.91. The Morgan fingerprint density at radius 2 is 1.77 bits per heavy atom. The second-order valence-electron chi connectivity index (χ2n) is 7.71. The number of carbonyl (C=O) groups is 1. The Bertz CT molecular complexity index is 1090. The minimum atomic E-state index is -0.385. The number of aromatic hydroxyl groups is 1. The summed E-state index contributed by atoms with van der Waals surface area (Å²) < 4.78 is 1.97. The zero-order valence-electron chi connectivity index (χ0n) is 17.1. The number of phenolic OH excluding ortho intramolecular Hbond substituents is 1. The van der Waals surface area contributed by atoms with Crippen LogP contribution < -0.4 is 0 Å². The van der Waals surface area contributed by atoms with Crippen LogP contribution in [0.2, 0.25) is 0 Å². The molecule has 1 aromatic heterocycles. The molecule has 2 heterocycles. The molecule has 0 saturated carbocycles. The van der Waals surface area contributed by atoms with Crippen LogP contribution in [0.1, 0.15) is 34.7 Å². The number of nitrogens with zero attached hydrogens (tertiary/aromatic N) is 3. The molecule has 30 heavy (non-hydrogen) atoms. The number of benzene rings is 2. The molecular weight excluding hydrogens is 378 g/mol. The van der Waals surface area contributed by atoms with E-state index in [1.165, 1.54) is 5.56 Å². The van der Waals surface area contributed by atoms with Crippen molar-refractivity contribution in [2.24, 2.45) is 0 Å². The number of hydrogen-bond acceptors (Lipinski definition) is 4. The van der Waals surface area contributed by atoms with Gasteiger partial charge in [0.05, 0.1) is 12.4 Å². The summed E-state index contributed by atoms with van der Waals surface area (Å²) in [6, 6.07) is 12.4. The van der Waals surface area contributed by atoms with Gasteiger partial charge < -0.3 is 19.7 Å². The van der Waals surface area contributed by atoms with Crippen molar-refractivity contribution in [1.82, 2.24) is 14.5 Å². The highest BCUT2D eigenvalue weighted by Crippen LogP contribution is 2.43. The highest BCUT2D eigenvalue weighted by molar-refractivity contribution is 6.05. The Balaban J connectivity index is 1.70. The SMILES string of the molecule is Cc1ccc(C2C(c3ccc(O)cc3)=C(O)C(=O)N2CCCn2ccnc2)cc1C. The maximum absolute atomic E-state index is 13.0. The van der Waals surface area contributed by atoms with E-state index in [2.05, 4.69) is 18.0 Å². The number of aryl methyl sites for hydroxylation is 3. The van der Waals surface area contributed by atoms with Gasteiger partial charge >= 0.3 is 0 Å². The van der Waals surface area contributed by atoms with Crippen LogP contribution in [0.15, 0.2) is 66.9 Å². The van der Waals surface area contributed by atoms with Gasteiger partial charge in [-0.3, -0.25) is 4.79 Å². The van der Waals surface area contributed by atoms with Gasteiger partial charge in [-0.05, 0) is 54.7 Å². The molecule has 3 aromatic rings. The van der Waals surface area contributed by atoms with E-state index in [0.29, 0.717) is 12.1 Å². The second kappa shape index (κ2) is 8.06. The van der Waals surface area contributed by atoms with Crippen LogP contribution >= 0.6 is 0 Å². The zero-order chi connectivity index (χ0) is 21.3. The molecule has 1 aliphatic heterocycles. The minimum absolute atomic E-state index is 0.142. The number of rotatable bonds is 6. The third-order valence-corrected chi connectivity index (χ3v) is 5.70. The smallest absolute Gasteiger partial charge is 0.289 e. The minimum Gasteiger partial charge on any atom is -0.508 e. The lowest BCUT2D eigenvalue weighted by Crippen LogP contribution is -2.32. The van der Waals surface area contributed by atoms with Crippen molar-refractivity contribution in [2.75, 3.05) is 6.54 Å². The number of carbonyl (C=O) groups excluding carboxylic acids is 1. The van der Waals surface area contributed by atoms with Gasteiger partial charge in [0.15, 0.2) is 5.76 Å². The van der Waals surface area contributed by atoms with Gasteiger partial charge in [-0.2, -0.15) is 0 Å². The highest BCUT2D eigenvalue weighted by Gasteiger charge is 2.40. The first kappa shape index (κ1) is 19.8. The Labute approximate surface area is 175 Å². The van der Waals surface area contributed by atoms with Gasteiger partial charge in [0.1, 0.15) is 5.75 Å². The summed E-state index contributed by atoms with van der Waals surface area (Å²) in [6.45, 7) is 5.33. The highest BCUT2D eigenvalue weighted by atomic mass is 16.3. The fourth-order valence-electron chi connectivity index (χ4n) is 3.94. The zero-order valence-corrected chi connectivity index (χ0v) is 17.1. The molecule has 0 radical (unpaired) electrons. The predicted molar refractivity (Wildman–Crippen MR) is 115 cm³/mol. The standard InChI is InChI=1S/C24H25N3O3/c1-16-4-5-19(14-17(16)2)22-21(18-6-8-20(28)9-7-18)23(29)24(30)27(22)12-3-11-26-13-10-25-15-26/h4-10,13-15,22,28-29H,3,11-12H2,1-2H3. The molecule has 0 saturated heterocycles. The van der Waals surface area contributed by atoms with E-state index in [0.717, 1.165) is 29.7 Å². The summed E-state index contributed by atoms with van der Waals surface area (Å²) in [6.07, 6.45) is 6.11. The molecule has 4 rings (SSSR count). The first-order valence-corrected chi connectivity index (χ1v) is 10.0. The van der Waals surface area contributed by atoms with Gasteiger partial charge in [-0.25, -0.2) is 4.98 Å². The summed E-state index contributed by atoms with van der Waals surface area (Å²) in [7, 11) is 0. The molecule has 0 aliphatic carbocycles. The molecule has 1 atom stereocenters. The quantitative estimate of drug-likeness (QED) is 0.648. The van der Waals surface area contributed by atoms with Crippen LogP contribution in [0.4, 0.5) is 0 Å². The van der Waals surface area contributed by atoms with E-state index >= 15 is 0 Å².